The normalized spacial score (nSPS) is 11.0. The number of carbonyl (C=O) groups is 2. The van der Waals surface area contributed by atoms with Crippen LogP contribution in [0.3, 0.4) is 0 Å². The number of hydrogen-bond donors (Lipinski definition) is 0. The smallest absolute Gasteiger partial charge is 0.541 e. The van der Waals surface area contributed by atoms with Crippen molar-refractivity contribution in [2.45, 2.75) is 6.92 Å². The maximum atomic E-state index is 10.9. The third kappa shape index (κ3) is 6.09. The summed E-state index contributed by atoms with van der Waals surface area (Å²) in [6.07, 6.45) is 4.86. The van der Waals surface area contributed by atoms with Crippen LogP contribution in [0.1, 0.15) is 12.5 Å². The van der Waals surface area contributed by atoms with Gasteiger partial charge < -0.3 is 9.90 Å². The van der Waals surface area contributed by atoms with Gasteiger partial charge in [0.2, 0.25) is 5.78 Å². The summed E-state index contributed by atoms with van der Waals surface area (Å²) >= 11 is 0. The van der Waals surface area contributed by atoms with Crippen LogP contribution < -0.4 is 56.5 Å². The number of aliphatic carboxylic acids is 1. The summed E-state index contributed by atoms with van der Waals surface area (Å²) in [5.41, 5.74) is 1.12. The minimum absolute atomic E-state index is 0. The number of rotatable bonds is 4. The van der Waals surface area contributed by atoms with E-state index in [1.807, 2.05) is 30.3 Å². The van der Waals surface area contributed by atoms with E-state index in [2.05, 4.69) is 0 Å². The van der Waals surface area contributed by atoms with Gasteiger partial charge >= 0.3 is 51.4 Å². The molecule has 0 unspecified atom stereocenters. The minimum Gasteiger partial charge on any atom is -0.541 e. The Morgan fingerprint density at radius 2 is 1.76 bits per heavy atom. The molecule has 82 valence electrons. The molecule has 3 nitrogen and oxygen atoms in total. The van der Waals surface area contributed by atoms with Gasteiger partial charge in [-0.2, -0.15) is 0 Å². The second-order valence-corrected chi connectivity index (χ2v) is 3.24. The van der Waals surface area contributed by atoms with E-state index >= 15 is 0 Å². The number of carboxylic acid groups (broad SMARTS) is 1. The largest absolute Gasteiger partial charge is 1.00 e. The van der Waals surface area contributed by atoms with Gasteiger partial charge in [-0.25, -0.2) is 0 Å². The van der Waals surface area contributed by atoms with Crippen molar-refractivity contribution in [3.8, 4) is 0 Å². The van der Waals surface area contributed by atoms with E-state index in [0.717, 1.165) is 5.56 Å². The van der Waals surface area contributed by atoms with Gasteiger partial charge in [-0.15, -0.1) is 0 Å². The summed E-state index contributed by atoms with van der Waals surface area (Å²) < 4.78 is 0. The molecule has 0 aliphatic carbocycles. The maximum Gasteiger partial charge on any atom is 1.00 e. The van der Waals surface area contributed by atoms with E-state index < -0.39 is 11.8 Å². The van der Waals surface area contributed by atoms with Crippen LogP contribution in [0.25, 0.3) is 6.08 Å². The quantitative estimate of drug-likeness (QED) is 0.269. The third-order valence-corrected chi connectivity index (χ3v) is 1.98. The van der Waals surface area contributed by atoms with Gasteiger partial charge in [-0.05, 0) is 18.1 Å². The van der Waals surface area contributed by atoms with Crippen LogP contribution in [0.2, 0.25) is 0 Å². The van der Waals surface area contributed by atoms with E-state index in [1.165, 1.54) is 13.0 Å². The molecule has 0 heterocycles. The molecule has 0 fully saturated rings. The molecule has 0 radical (unpaired) electrons. The number of Topliss-reactive ketones (excluding diaryl/α,β-unsaturated/α-hetero) is 1. The molecular formula is C13H11KO3. The molecule has 1 aromatic rings. The Labute approximate surface area is 143 Å². The van der Waals surface area contributed by atoms with Gasteiger partial charge in [0, 0.05) is 0 Å². The van der Waals surface area contributed by atoms with Crippen LogP contribution in [0.4, 0.5) is 0 Å². The number of hydrogen-bond acceptors (Lipinski definition) is 3. The summed E-state index contributed by atoms with van der Waals surface area (Å²) in [4.78, 5) is 21.2. The summed E-state index contributed by atoms with van der Waals surface area (Å²) in [6.45, 7) is 1.44. The van der Waals surface area contributed by atoms with Crippen LogP contribution in [0, 0.1) is 0 Å². The Bertz CT molecular complexity index is 447. The standard InChI is InChI=1S/C13H12O3.K/c1-10(12(14)13(15)16)6-5-9-11-7-3-2-4-8-11;/h2-9H,1H3,(H,15,16);/q;+1/p-1. The first kappa shape index (κ1) is 16.5. The zero-order valence-corrected chi connectivity index (χ0v) is 13.0. The molecule has 0 saturated heterocycles. The van der Waals surface area contributed by atoms with Gasteiger partial charge in [-0.1, -0.05) is 48.6 Å². The van der Waals surface area contributed by atoms with Crippen LogP contribution in [-0.4, -0.2) is 11.8 Å². The molecule has 0 N–H and O–H groups in total. The first-order valence-corrected chi connectivity index (χ1v) is 4.77. The van der Waals surface area contributed by atoms with E-state index in [9.17, 15) is 14.7 Å². The fourth-order valence-corrected chi connectivity index (χ4v) is 1.10. The summed E-state index contributed by atoms with van der Waals surface area (Å²) in [7, 11) is 0. The van der Waals surface area contributed by atoms with E-state index in [4.69, 9.17) is 0 Å². The van der Waals surface area contributed by atoms with Crippen LogP contribution in [0.5, 0.6) is 0 Å². The van der Waals surface area contributed by atoms with E-state index in [-0.39, 0.29) is 57.0 Å². The first-order valence-electron chi connectivity index (χ1n) is 4.77. The zero-order valence-electron chi connectivity index (χ0n) is 9.84. The van der Waals surface area contributed by atoms with Crippen LogP contribution >= 0.6 is 0 Å². The molecule has 0 aromatic heterocycles. The van der Waals surface area contributed by atoms with Crippen molar-refractivity contribution < 1.29 is 66.1 Å². The molecule has 0 saturated carbocycles. The van der Waals surface area contributed by atoms with E-state index in [0.29, 0.717) is 0 Å². The first-order chi connectivity index (χ1) is 7.61. The molecule has 1 aromatic carbocycles. The van der Waals surface area contributed by atoms with Gasteiger partial charge in [-0.3, -0.25) is 4.79 Å². The van der Waals surface area contributed by atoms with Crippen LogP contribution in [-0.2, 0) is 9.59 Å². The van der Waals surface area contributed by atoms with Crippen molar-refractivity contribution in [3.63, 3.8) is 0 Å². The number of carboxylic acids is 1. The van der Waals surface area contributed by atoms with Crippen molar-refractivity contribution in [2.75, 3.05) is 0 Å². The number of allylic oxidation sites excluding steroid dienone is 2. The van der Waals surface area contributed by atoms with Crippen molar-refractivity contribution in [1.82, 2.24) is 0 Å². The molecular weight excluding hydrogens is 243 g/mol. The molecule has 0 atom stereocenters. The maximum absolute atomic E-state index is 10.9. The van der Waals surface area contributed by atoms with Crippen molar-refractivity contribution >= 4 is 17.8 Å². The molecule has 0 aliphatic rings. The fraction of sp³-hybridized carbons (Fsp3) is 0.0769. The average Bonchev–Trinajstić information content (AvgIpc) is 2.29. The molecule has 4 heteroatoms. The summed E-state index contributed by atoms with van der Waals surface area (Å²) in [5.74, 6) is -2.67. The number of carbonyl (C=O) groups excluding carboxylic acids is 2. The van der Waals surface area contributed by atoms with Gasteiger partial charge in [0.15, 0.2) is 0 Å². The predicted octanol–water partition coefficient (Wildman–Crippen LogP) is -2.03. The minimum atomic E-state index is -1.68. The molecule has 0 spiro atoms. The predicted molar refractivity (Wildman–Crippen MR) is 59.2 cm³/mol. The van der Waals surface area contributed by atoms with Crippen molar-refractivity contribution in [3.05, 3.63) is 53.6 Å². The zero-order chi connectivity index (χ0) is 12.0. The second kappa shape index (κ2) is 8.55. The third-order valence-electron chi connectivity index (χ3n) is 1.98. The number of ketones is 1. The summed E-state index contributed by atoms with van der Waals surface area (Å²) in [6, 6.07) is 9.49. The van der Waals surface area contributed by atoms with Gasteiger partial charge in [0.05, 0.1) is 0 Å². The van der Waals surface area contributed by atoms with Crippen LogP contribution in [0.15, 0.2) is 48.1 Å². The summed E-state index contributed by atoms with van der Waals surface area (Å²) in [5, 5.41) is 10.2. The monoisotopic (exact) mass is 254 g/mol. The molecule has 17 heavy (non-hydrogen) atoms. The fourth-order valence-electron chi connectivity index (χ4n) is 1.10. The Morgan fingerprint density at radius 3 is 2.29 bits per heavy atom. The Balaban J connectivity index is 0.00000256. The molecule has 0 aliphatic heterocycles. The average molecular weight is 254 g/mol. The van der Waals surface area contributed by atoms with Crippen molar-refractivity contribution in [2.24, 2.45) is 0 Å². The second-order valence-electron chi connectivity index (χ2n) is 3.24. The Morgan fingerprint density at radius 1 is 1.18 bits per heavy atom. The molecule has 0 amide bonds. The molecule has 0 bridgehead atoms. The topological polar surface area (TPSA) is 57.2 Å². The van der Waals surface area contributed by atoms with E-state index in [1.54, 1.807) is 12.2 Å². The van der Waals surface area contributed by atoms with Gasteiger partial charge in [0.25, 0.3) is 0 Å². The molecule has 1 rings (SSSR count). The van der Waals surface area contributed by atoms with Gasteiger partial charge in [0.1, 0.15) is 5.97 Å². The Hall–Kier alpha value is -0.524. The van der Waals surface area contributed by atoms with Crippen molar-refractivity contribution in [1.29, 1.82) is 0 Å². The Kier molecular flexibility index (Phi) is 8.29. The SMILES string of the molecule is CC(=CC=Cc1ccccc1)C(=O)C(=O)[O-].[K+]. The number of benzene rings is 1.